The fourth-order valence-corrected chi connectivity index (χ4v) is 3.14. The standard InChI is InChI=1S/C23H25N7O/c1-13(2)17-7-18(11-27-10-17)14(3)30-23-20(22(26)28-12-29-23)21(25)16-5-15(9-24)6-19(8-16)31-4/h5-8,10-14,25H,1-4H3,(H3,26,28,29,30). The molecule has 4 N–H and O–H groups in total. The molecule has 0 amide bonds. The lowest BCUT2D eigenvalue weighted by Gasteiger charge is -2.19. The molecule has 0 aliphatic carbocycles. The lowest BCUT2D eigenvalue weighted by molar-refractivity contribution is 0.414. The van der Waals surface area contributed by atoms with E-state index in [0.717, 1.165) is 11.1 Å². The highest BCUT2D eigenvalue weighted by molar-refractivity contribution is 6.16. The molecule has 8 heteroatoms. The van der Waals surface area contributed by atoms with Gasteiger partial charge in [-0.05, 0) is 42.2 Å². The van der Waals surface area contributed by atoms with E-state index in [2.05, 4.69) is 46.3 Å². The van der Waals surface area contributed by atoms with Crippen molar-refractivity contribution in [3.8, 4) is 11.8 Å². The molecule has 158 valence electrons. The third-order valence-electron chi connectivity index (χ3n) is 4.99. The number of ether oxygens (including phenoxy) is 1. The van der Waals surface area contributed by atoms with Crippen LogP contribution in [0.25, 0.3) is 0 Å². The van der Waals surface area contributed by atoms with Crippen molar-refractivity contribution >= 4 is 17.3 Å². The number of anilines is 2. The first-order valence-electron chi connectivity index (χ1n) is 9.84. The number of aromatic nitrogens is 3. The molecule has 0 aliphatic heterocycles. The molecule has 3 aromatic rings. The van der Waals surface area contributed by atoms with Gasteiger partial charge in [-0.2, -0.15) is 5.26 Å². The van der Waals surface area contributed by atoms with E-state index >= 15 is 0 Å². The summed E-state index contributed by atoms with van der Waals surface area (Å²) in [7, 11) is 1.51. The van der Waals surface area contributed by atoms with Crippen molar-refractivity contribution in [2.75, 3.05) is 18.2 Å². The Morgan fingerprint density at radius 2 is 1.87 bits per heavy atom. The molecule has 0 spiro atoms. The lowest BCUT2D eigenvalue weighted by Crippen LogP contribution is -2.16. The van der Waals surface area contributed by atoms with Crippen LogP contribution >= 0.6 is 0 Å². The van der Waals surface area contributed by atoms with E-state index in [-0.39, 0.29) is 17.6 Å². The SMILES string of the molecule is COc1cc(C#N)cc(C(=N)c2c(N)ncnc2NC(C)c2cncc(C(C)C)c2)c1. The van der Waals surface area contributed by atoms with Crippen LogP contribution in [0.4, 0.5) is 11.6 Å². The average Bonchev–Trinajstić information content (AvgIpc) is 2.78. The van der Waals surface area contributed by atoms with Gasteiger partial charge in [0.05, 0.1) is 36.1 Å². The minimum atomic E-state index is -0.132. The largest absolute Gasteiger partial charge is 0.497 e. The zero-order valence-corrected chi connectivity index (χ0v) is 18.0. The number of hydrogen-bond acceptors (Lipinski definition) is 8. The molecular formula is C23H25N7O. The smallest absolute Gasteiger partial charge is 0.141 e. The summed E-state index contributed by atoms with van der Waals surface area (Å²) >= 11 is 0. The fourth-order valence-electron chi connectivity index (χ4n) is 3.14. The van der Waals surface area contributed by atoms with Crippen LogP contribution in [0.2, 0.25) is 0 Å². The number of hydrogen-bond donors (Lipinski definition) is 3. The number of rotatable bonds is 7. The lowest BCUT2D eigenvalue weighted by atomic mass is 9.99. The normalized spacial score (nSPS) is 11.6. The predicted octanol–water partition coefficient (Wildman–Crippen LogP) is 4.05. The summed E-state index contributed by atoms with van der Waals surface area (Å²) < 4.78 is 5.26. The first-order chi connectivity index (χ1) is 14.8. The molecule has 1 aromatic carbocycles. The highest BCUT2D eigenvalue weighted by atomic mass is 16.5. The predicted molar refractivity (Wildman–Crippen MR) is 120 cm³/mol. The van der Waals surface area contributed by atoms with E-state index in [9.17, 15) is 5.26 Å². The van der Waals surface area contributed by atoms with Crippen molar-refractivity contribution in [3.63, 3.8) is 0 Å². The Kier molecular flexibility index (Phi) is 6.46. The van der Waals surface area contributed by atoms with Gasteiger partial charge in [-0.3, -0.25) is 10.4 Å². The van der Waals surface area contributed by atoms with Crippen LogP contribution in [0.1, 0.15) is 60.5 Å². The van der Waals surface area contributed by atoms with Crippen molar-refractivity contribution in [1.82, 2.24) is 15.0 Å². The molecule has 8 nitrogen and oxygen atoms in total. The summed E-state index contributed by atoms with van der Waals surface area (Å²) in [4.78, 5) is 12.7. The molecule has 1 unspecified atom stereocenters. The molecule has 31 heavy (non-hydrogen) atoms. The van der Waals surface area contributed by atoms with Crippen molar-refractivity contribution in [3.05, 3.63) is 70.8 Å². The third kappa shape index (κ3) is 4.78. The van der Waals surface area contributed by atoms with E-state index in [1.54, 1.807) is 24.4 Å². The minimum absolute atomic E-state index is 0.0947. The van der Waals surface area contributed by atoms with Crippen LogP contribution in [0.5, 0.6) is 5.75 Å². The maximum Gasteiger partial charge on any atom is 0.141 e. The Bertz CT molecular complexity index is 1150. The van der Waals surface area contributed by atoms with Gasteiger partial charge >= 0.3 is 0 Å². The highest BCUT2D eigenvalue weighted by Gasteiger charge is 2.19. The van der Waals surface area contributed by atoms with Gasteiger partial charge in [-0.1, -0.05) is 19.9 Å². The van der Waals surface area contributed by atoms with Gasteiger partial charge in [0.15, 0.2) is 0 Å². The fraction of sp³-hybridized carbons (Fsp3) is 0.261. The van der Waals surface area contributed by atoms with Gasteiger partial charge in [-0.15, -0.1) is 0 Å². The maximum absolute atomic E-state index is 9.31. The Labute approximate surface area is 181 Å². The summed E-state index contributed by atoms with van der Waals surface area (Å²) in [5.41, 5.74) is 9.59. The van der Waals surface area contributed by atoms with Crippen LogP contribution in [-0.2, 0) is 0 Å². The van der Waals surface area contributed by atoms with Gasteiger partial charge in [0.1, 0.15) is 23.7 Å². The first-order valence-corrected chi connectivity index (χ1v) is 9.84. The second-order valence-electron chi connectivity index (χ2n) is 7.49. The molecule has 2 aromatic heterocycles. The Morgan fingerprint density at radius 3 is 2.55 bits per heavy atom. The van der Waals surface area contributed by atoms with Crippen molar-refractivity contribution in [2.24, 2.45) is 0 Å². The summed E-state index contributed by atoms with van der Waals surface area (Å²) in [5, 5.41) is 21.4. The molecule has 0 bridgehead atoms. The van der Waals surface area contributed by atoms with Gasteiger partial charge in [0.2, 0.25) is 0 Å². The number of nitrogens with one attached hydrogen (secondary N) is 2. The first kappa shape index (κ1) is 21.7. The number of nitriles is 1. The molecule has 0 aliphatic rings. The van der Waals surface area contributed by atoms with E-state index in [0.29, 0.717) is 34.2 Å². The molecule has 1 atom stereocenters. The monoisotopic (exact) mass is 415 g/mol. The topological polar surface area (TPSA) is 134 Å². The van der Waals surface area contributed by atoms with Crippen molar-refractivity contribution < 1.29 is 4.74 Å². The van der Waals surface area contributed by atoms with E-state index < -0.39 is 0 Å². The zero-order valence-electron chi connectivity index (χ0n) is 18.0. The van der Waals surface area contributed by atoms with Gasteiger partial charge in [0, 0.05) is 18.0 Å². The zero-order chi connectivity index (χ0) is 22.5. The number of benzene rings is 1. The Balaban J connectivity index is 1.98. The molecular weight excluding hydrogens is 390 g/mol. The van der Waals surface area contributed by atoms with E-state index in [1.807, 2.05) is 13.1 Å². The van der Waals surface area contributed by atoms with Gasteiger partial charge in [-0.25, -0.2) is 9.97 Å². The Hall–Kier alpha value is -3.99. The van der Waals surface area contributed by atoms with Crippen molar-refractivity contribution in [1.29, 1.82) is 10.7 Å². The van der Waals surface area contributed by atoms with Crippen LogP contribution in [-0.4, -0.2) is 27.8 Å². The minimum Gasteiger partial charge on any atom is -0.497 e. The molecule has 3 rings (SSSR count). The number of nitrogens with zero attached hydrogens (tertiary/aromatic N) is 4. The number of methoxy groups -OCH3 is 1. The molecule has 0 fully saturated rings. The van der Waals surface area contributed by atoms with Crippen LogP contribution in [0.15, 0.2) is 43.0 Å². The van der Waals surface area contributed by atoms with E-state index in [1.165, 1.54) is 13.4 Å². The van der Waals surface area contributed by atoms with Gasteiger partial charge < -0.3 is 15.8 Å². The quantitative estimate of drug-likeness (QED) is 0.496. The van der Waals surface area contributed by atoms with E-state index in [4.69, 9.17) is 15.9 Å². The summed E-state index contributed by atoms with van der Waals surface area (Å²) in [5.74, 6) is 1.44. The molecule has 0 radical (unpaired) electrons. The number of nitrogen functional groups attached to an aromatic ring is 1. The maximum atomic E-state index is 9.31. The number of nitrogens with two attached hydrogens (primary N) is 1. The molecule has 0 saturated heterocycles. The third-order valence-corrected chi connectivity index (χ3v) is 4.99. The van der Waals surface area contributed by atoms with Crippen LogP contribution < -0.4 is 15.8 Å². The highest BCUT2D eigenvalue weighted by Crippen LogP contribution is 2.28. The summed E-state index contributed by atoms with van der Waals surface area (Å²) in [6.07, 6.45) is 5.02. The van der Waals surface area contributed by atoms with Crippen LogP contribution in [0, 0.1) is 16.7 Å². The Morgan fingerprint density at radius 1 is 1.13 bits per heavy atom. The second kappa shape index (κ2) is 9.22. The van der Waals surface area contributed by atoms with Gasteiger partial charge in [0.25, 0.3) is 0 Å². The number of pyridine rings is 1. The second-order valence-corrected chi connectivity index (χ2v) is 7.49. The summed E-state index contributed by atoms with van der Waals surface area (Å²) in [6, 6.07) is 8.95. The van der Waals surface area contributed by atoms with Crippen molar-refractivity contribution in [2.45, 2.75) is 32.7 Å². The molecule has 2 heterocycles. The summed E-state index contributed by atoms with van der Waals surface area (Å²) in [6.45, 7) is 6.23. The van der Waals surface area contributed by atoms with Crippen LogP contribution in [0.3, 0.4) is 0 Å². The molecule has 0 saturated carbocycles. The average molecular weight is 416 g/mol.